The first kappa shape index (κ1) is 22.1. The minimum Gasteiger partial charge on any atom is -0.491 e. The number of hydrogen-bond donors (Lipinski definition) is 1. The number of hydrogen-bond acceptors (Lipinski definition) is 4. The molecule has 1 N–H and O–H groups in total. The van der Waals surface area contributed by atoms with Crippen molar-refractivity contribution >= 4 is 17.6 Å². The number of carbonyl (C=O) groups is 2. The molecule has 0 aliphatic rings. The molecule has 0 aromatic heterocycles. The molecular formula is C26H27NO4. The molecule has 3 rings (SSSR count). The van der Waals surface area contributed by atoms with Crippen LogP contribution in [0.4, 0.5) is 5.69 Å². The van der Waals surface area contributed by atoms with Crippen molar-refractivity contribution in [3.63, 3.8) is 0 Å². The third-order valence-corrected chi connectivity index (χ3v) is 4.68. The summed E-state index contributed by atoms with van der Waals surface area (Å²) in [5.41, 5.74) is 3.59. The second kappa shape index (κ2) is 9.94. The first-order valence-electron chi connectivity index (χ1n) is 10.2. The summed E-state index contributed by atoms with van der Waals surface area (Å²) in [6.45, 7) is 7.73. The van der Waals surface area contributed by atoms with Gasteiger partial charge in [-0.3, -0.25) is 4.79 Å². The number of benzene rings is 3. The quantitative estimate of drug-likeness (QED) is 0.506. The van der Waals surface area contributed by atoms with E-state index in [1.54, 1.807) is 48.5 Å². The van der Waals surface area contributed by atoms with Crippen molar-refractivity contribution in [3.05, 3.63) is 95.1 Å². The number of aryl methyl sites for hydroxylation is 2. The lowest BCUT2D eigenvalue weighted by atomic mass is 10.1. The molecule has 1 amide bonds. The van der Waals surface area contributed by atoms with Crippen LogP contribution in [0.1, 0.15) is 47.0 Å². The summed E-state index contributed by atoms with van der Waals surface area (Å²) >= 11 is 0. The second-order valence-corrected chi connectivity index (χ2v) is 7.69. The van der Waals surface area contributed by atoms with Gasteiger partial charge in [0.25, 0.3) is 5.91 Å². The van der Waals surface area contributed by atoms with E-state index in [0.29, 0.717) is 22.6 Å². The Morgan fingerprint density at radius 1 is 0.871 bits per heavy atom. The molecule has 160 valence electrons. The van der Waals surface area contributed by atoms with Gasteiger partial charge in [0, 0.05) is 11.3 Å². The van der Waals surface area contributed by atoms with Crippen LogP contribution in [0.2, 0.25) is 0 Å². The van der Waals surface area contributed by atoms with E-state index in [1.807, 2.05) is 52.0 Å². The van der Waals surface area contributed by atoms with Crippen molar-refractivity contribution in [1.82, 2.24) is 0 Å². The molecule has 0 fully saturated rings. The topological polar surface area (TPSA) is 64.6 Å². The van der Waals surface area contributed by atoms with Crippen LogP contribution in [-0.2, 0) is 9.53 Å². The smallest absolute Gasteiger partial charge is 0.339 e. The van der Waals surface area contributed by atoms with Gasteiger partial charge in [0.05, 0.1) is 11.7 Å². The average molecular weight is 418 g/mol. The van der Waals surface area contributed by atoms with Crippen molar-refractivity contribution < 1.29 is 19.1 Å². The highest BCUT2D eigenvalue weighted by Crippen LogP contribution is 2.24. The van der Waals surface area contributed by atoms with Crippen LogP contribution in [0.3, 0.4) is 0 Å². The van der Waals surface area contributed by atoms with Gasteiger partial charge in [0.15, 0.2) is 0 Å². The molecular weight excluding hydrogens is 390 g/mol. The number of nitrogens with one attached hydrogen (secondary N) is 1. The van der Waals surface area contributed by atoms with Crippen LogP contribution in [0, 0.1) is 13.8 Å². The number of rotatable bonds is 7. The third kappa shape index (κ3) is 5.95. The van der Waals surface area contributed by atoms with Crippen LogP contribution < -0.4 is 10.1 Å². The summed E-state index contributed by atoms with van der Waals surface area (Å²) in [7, 11) is 0. The first-order chi connectivity index (χ1) is 14.8. The maximum Gasteiger partial charge on any atom is 0.339 e. The van der Waals surface area contributed by atoms with Gasteiger partial charge in [-0.15, -0.1) is 0 Å². The molecule has 0 unspecified atom stereocenters. The van der Waals surface area contributed by atoms with Gasteiger partial charge in [-0.25, -0.2) is 4.79 Å². The molecule has 3 aromatic rings. The Bertz CT molecular complexity index is 1040. The average Bonchev–Trinajstić information content (AvgIpc) is 2.75. The molecule has 3 aromatic carbocycles. The zero-order chi connectivity index (χ0) is 22.4. The Hall–Kier alpha value is -3.60. The van der Waals surface area contributed by atoms with Crippen LogP contribution in [0.5, 0.6) is 5.75 Å². The molecule has 0 aliphatic heterocycles. The minimum atomic E-state index is -1.08. The normalized spacial score (nSPS) is 11.6. The van der Waals surface area contributed by atoms with Crippen molar-refractivity contribution in [1.29, 1.82) is 0 Å². The predicted octanol–water partition coefficient (Wildman–Crippen LogP) is 5.63. The molecule has 0 bridgehead atoms. The van der Waals surface area contributed by atoms with Gasteiger partial charge in [-0.05, 0) is 69.2 Å². The summed E-state index contributed by atoms with van der Waals surface area (Å²) in [5, 5.41) is 2.90. The SMILES string of the molecule is Cc1ccc(C)c(NC(=O)[C@@H](OC(=O)c2ccc(OC(C)C)cc2)c2ccccc2)c1. The first-order valence-corrected chi connectivity index (χ1v) is 10.2. The van der Waals surface area contributed by atoms with Crippen molar-refractivity contribution in [3.8, 4) is 5.75 Å². The van der Waals surface area contributed by atoms with Crippen LogP contribution in [-0.4, -0.2) is 18.0 Å². The highest BCUT2D eigenvalue weighted by molar-refractivity contribution is 5.98. The molecule has 0 saturated heterocycles. The summed E-state index contributed by atoms with van der Waals surface area (Å²) in [4.78, 5) is 25.9. The van der Waals surface area contributed by atoms with Crippen LogP contribution in [0.25, 0.3) is 0 Å². The molecule has 0 saturated carbocycles. The van der Waals surface area contributed by atoms with E-state index < -0.39 is 18.0 Å². The van der Waals surface area contributed by atoms with E-state index >= 15 is 0 Å². The van der Waals surface area contributed by atoms with E-state index in [4.69, 9.17) is 9.47 Å². The standard InChI is InChI=1S/C26H27NO4/c1-17(2)30-22-14-12-21(13-15-22)26(29)31-24(20-8-6-5-7-9-20)25(28)27-23-16-18(3)10-11-19(23)4/h5-17,24H,1-4H3,(H,27,28)/t24-/m0/s1. The highest BCUT2D eigenvalue weighted by atomic mass is 16.5. The van der Waals surface area contributed by atoms with E-state index in [9.17, 15) is 9.59 Å². The predicted molar refractivity (Wildman–Crippen MR) is 121 cm³/mol. The summed E-state index contributed by atoms with van der Waals surface area (Å²) in [6, 6.07) is 21.5. The van der Waals surface area contributed by atoms with E-state index in [-0.39, 0.29) is 6.10 Å². The van der Waals surface area contributed by atoms with Gasteiger partial charge >= 0.3 is 5.97 Å². The number of carbonyl (C=O) groups excluding carboxylic acids is 2. The van der Waals surface area contributed by atoms with Crippen LogP contribution in [0.15, 0.2) is 72.8 Å². The Morgan fingerprint density at radius 2 is 1.55 bits per heavy atom. The fourth-order valence-electron chi connectivity index (χ4n) is 3.09. The fourth-order valence-corrected chi connectivity index (χ4v) is 3.09. The van der Waals surface area contributed by atoms with Gasteiger partial charge in [0.2, 0.25) is 6.10 Å². The third-order valence-electron chi connectivity index (χ3n) is 4.68. The van der Waals surface area contributed by atoms with Crippen molar-refractivity contribution in [2.24, 2.45) is 0 Å². The maximum absolute atomic E-state index is 13.1. The second-order valence-electron chi connectivity index (χ2n) is 7.69. The molecule has 5 heteroatoms. The molecule has 0 spiro atoms. The van der Waals surface area contributed by atoms with Crippen molar-refractivity contribution in [2.45, 2.75) is 39.9 Å². The highest BCUT2D eigenvalue weighted by Gasteiger charge is 2.26. The molecule has 5 nitrogen and oxygen atoms in total. The number of esters is 1. The summed E-state index contributed by atoms with van der Waals surface area (Å²) in [6.07, 6.45) is -1.05. The van der Waals surface area contributed by atoms with E-state index in [0.717, 1.165) is 11.1 Å². The maximum atomic E-state index is 13.1. The lowest BCUT2D eigenvalue weighted by Crippen LogP contribution is -2.26. The summed E-state index contributed by atoms with van der Waals surface area (Å²) < 4.78 is 11.3. The number of amides is 1. The minimum absolute atomic E-state index is 0.0361. The Morgan fingerprint density at radius 3 is 2.19 bits per heavy atom. The van der Waals surface area contributed by atoms with Crippen LogP contribution >= 0.6 is 0 Å². The molecule has 1 atom stereocenters. The largest absolute Gasteiger partial charge is 0.491 e. The molecule has 31 heavy (non-hydrogen) atoms. The van der Waals surface area contributed by atoms with Gasteiger partial charge in [0.1, 0.15) is 5.75 Å². The lowest BCUT2D eigenvalue weighted by Gasteiger charge is -2.19. The lowest BCUT2D eigenvalue weighted by molar-refractivity contribution is -0.125. The molecule has 0 heterocycles. The molecule has 0 radical (unpaired) electrons. The summed E-state index contributed by atoms with van der Waals surface area (Å²) in [5.74, 6) is -0.326. The fraction of sp³-hybridized carbons (Fsp3) is 0.231. The zero-order valence-corrected chi connectivity index (χ0v) is 18.2. The monoisotopic (exact) mass is 417 g/mol. The van der Waals surface area contributed by atoms with Crippen molar-refractivity contribution in [2.75, 3.05) is 5.32 Å². The number of ether oxygens (including phenoxy) is 2. The number of anilines is 1. The molecule has 0 aliphatic carbocycles. The Kier molecular flexibility index (Phi) is 7.08. The van der Waals surface area contributed by atoms with E-state index in [1.165, 1.54) is 0 Å². The Labute approximate surface area is 183 Å². The van der Waals surface area contributed by atoms with Gasteiger partial charge < -0.3 is 14.8 Å². The van der Waals surface area contributed by atoms with Gasteiger partial charge in [-0.1, -0.05) is 42.5 Å². The van der Waals surface area contributed by atoms with E-state index in [2.05, 4.69) is 5.32 Å². The zero-order valence-electron chi connectivity index (χ0n) is 18.2. The van der Waals surface area contributed by atoms with Gasteiger partial charge in [-0.2, -0.15) is 0 Å². The Balaban J connectivity index is 1.81.